The van der Waals surface area contributed by atoms with Gasteiger partial charge in [-0.3, -0.25) is 9.69 Å². The van der Waals surface area contributed by atoms with Crippen LogP contribution < -0.4 is 4.74 Å². The quantitative estimate of drug-likeness (QED) is 0.436. The van der Waals surface area contributed by atoms with Gasteiger partial charge in [0.15, 0.2) is 0 Å². The van der Waals surface area contributed by atoms with Gasteiger partial charge >= 0.3 is 0 Å². The third-order valence-corrected chi connectivity index (χ3v) is 6.63. The molecule has 3 nitrogen and oxygen atoms in total. The molecule has 0 N–H and O–H groups in total. The lowest BCUT2D eigenvalue weighted by Crippen LogP contribution is -2.35. The molecule has 1 saturated heterocycles. The number of halogens is 4. The fourth-order valence-electron chi connectivity index (χ4n) is 4.23. The first-order valence-corrected chi connectivity index (χ1v) is 11.4. The van der Waals surface area contributed by atoms with Gasteiger partial charge in [0.2, 0.25) is 0 Å². The molecule has 2 aliphatic rings. The molecule has 2 aromatic rings. The second-order valence-corrected chi connectivity index (χ2v) is 9.42. The summed E-state index contributed by atoms with van der Waals surface area (Å²) in [4.78, 5) is 13.7. The van der Waals surface area contributed by atoms with Gasteiger partial charge in [0, 0.05) is 18.2 Å². The fourth-order valence-corrected chi connectivity index (χ4v) is 4.67. The van der Waals surface area contributed by atoms with Gasteiger partial charge in [-0.15, -0.1) is 0 Å². The molecular weight excluding hydrogens is 443 g/mol. The molecular formula is C24H25Cl2F2NO2. The van der Waals surface area contributed by atoms with Gasteiger partial charge in [0.25, 0.3) is 5.24 Å². The van der Waals surface area contributed by atoms with Crippen molar-refractivity contribution in [3.05, 3.63) is 63.2 Å². The van der Waals surface area contributed by atoms with E-state index in [0.29, 0.717) is 36.3 Å². The molecule has 0 radical (unpaired) electrons. The molecule has 0 atom stereocenters. The third kappa shape index (κ3) is 5.39. The van der Waals surface area contributed by atoms with Crippen LogP contribution in [0.15, 0.2) is 24.3 Å². The molecule has 0 unspecified atom stereocenters. The molecule has 1 aliphatic carbocycles. The normalized spacial score (nSPS) is 17.7. The number of benzene rings is 2. The van der Waals surface area contributed by atoms with Crippen LogP contribution in [0.2, 0.25) is 5.02 Å². The van der Waals surface area contributed by atoms with E-state index in [1.165, 1.54) is 6.07 Å². The average molecular weight is 468 g/mol. The molecule has 2 fully saturated rings. The number of carbonyl (C=O) groups excluding carboxylic acids is 1. The molecule has 4 rings (SSSR count). The molecule has 0 bridgehead atoms. The van der Waals surface area contributed by atoms with Crippen molar-refractivity contribution in [3.8, 4) is 5.75 Å². The van der Waals surface area contributed by atoms with E-state index in [0.717, 1.165) is 49.9 Å². The topological polar surface area (TPSA) is 29.5 Å². The second-order valence-electron chi connectivity index (χ2n) is 8.67. The van der Waals surface area contributed by atoms with E-state index in [4.69, 9.17) is 27.9 Å². The van der Waals surface area contributed by atoms with Crippen LogP contribution >= 0.6 is 23.2 Å². The Bertz CT molecular complexity index is 986. The SMILES string of the molecule is Cc1cc(Cl)c(F)c(CN2CCC(COc3cc(F)c(C(=O)Cl)cc3C3CC3)CC2)c1. The number of likely N-dealkylation sites (tertiary alicyclic amines) is 1. The Balaban J connectivity index is 1.34. The van der Waals surface area contributed by atoms with Crippen LogP contribution in [0.25, 0.3) is 0 Å². The van der Waals surface area contributed by atoms with Crippen LogP contribution in [0.3, 0.4) is 0 Å². The summed E-state index contributed by atoms with van der Waals surface area (Å²) in [5, 5.41) is -0.622. The van der Waals surface area contributed by atoms with Crippen molar-refractivity contribution in [2.45, 2.75) is 45.1 Å². The van der Waals surface area contributed by atoms with Gasteiger partial charge in [-0.05, 0) is 92.4 Å². The van der Waals surface area contributed by atoms with E-state index < -0.39 is 11.1 Å². The highest BCUT2D eigenvalue weighted by atomic mass is 35.5. The molecule has 7 heteroatoms. The Morgan fingerprint density at radius 3 is 2.48 bits per heavy atom. The molecule has 1 saturated carbocycles. The van der Waals surface area contributed by atoms with Crippen LogP contribution in [0.5, 0.6) is 5.75 Å². The minimum Gasteiger partial charge on any atom is -0.493 e. The minimum absolute atomic E-state index is 0.0901. The van der Waals surface area contributed by atoms with Crippen molar-refractivity contribution in [1.82, 2.24) is 4.90 Å². The summed E-state index contributed by atoms with van der Waals surface area (Å²) in [7, 11) is 0. The van der Waals surface area contributed by atoms with Crippen molar-refractivity contribution in [3.63, 3.8) is 0 Å². The first-order valence-electron chi connectivity index (χ1n) is 10.6. The first-order chi connectivity index (χ1) is 14.8. The van der Waals surface area contributed by atoms with Crippen molar-refractivity contribution in [1.29, 1.82) is 0 Å². The largest absolute Gasteiger partial charge is 0.493 e. The molecule has 166 valence electrons. The van der Waals surface area contributed by atoms with E-state index in [9.17, 15) is 13.6 Å². The van der Waals surface area contributed by atoms with Gasteiger partial charge in [-0.1, -0.05) is 17.7 Å². The van der Waals surface area contributed by atoms with Crippen molar-refractivity contribution < 1.29 is 18.3 Å². The number of nitrogens with zero attached hydrogens (tertiary/aromatic N) is 1. The predicted molar refractivity (Wildman–Crippen MR) is 118 cm³/mol. The van der Waals surface area contributed by atoms with Crippen LogP contribution in [0.1, 0.15) is 58.6 Å². The first kappa shape index (κ1) is 22.5. The maximum Gasteiger partial charge on any atom is 0.255 e. The standard InChI is InChI=1S/C24H25Cl2F2NO2/c1-14-8-17(23(28)20(25)9-14)12-29-6-4-15(5-7-29)13-31-22-11-21(27)19(24(26)30)10-18(22)16-2-3-16/h8-11,15-16H,2-7,12-13H2,1H3. The van der Waals surface area contributed by atoms with Gasteiger partial charge in [-0.2, -0.15) is 0 Å². The number of ether oxygens (including phenoxy) is 1. The summed E-state index contributed by atoms with van der Waals surface area (Å²) < 4.78 is 34.6. The number of carbonyl (C=O) groups is 1. The summed E-state index contributed by atoms with van der Waals surface area (Å²) in [6, 6.07) is 6.32. The number of hydrogen-bond donors (Lipinski definition) is 0. The molecule has 2 aromatic carbocycles. The number of hydrogen-bond acceptors (Lipinski definition) is 3. The van der Waals surface area contributed by atoms with E-state index >= 15 is 0 Å². The smallest absolute Gasteiger partial charge is 0.255 e. The van der Waals surface area contributed by atoms with Crippen molar-refractivity contribution >= 4 is 28.4 Å². The monoisotopic (exact) mass is 467 g/mol. The summed E-state index contributed by atoms with van der Waals surface area (Å²) >= 11 is 11.5. The van der Waals surface area contributed by atoms with Crippen LogP contribution in [0, 0.1) is 24.5 Å². The maximum absolute atomic E-state index is 14.3. The summed E-state index contributed by atoms with van der Waals surface area (Å²) in [5.74, 6) is 0.176. The zero-order valence-electron chi connectivity index (χ0n) is 17.4. The lowest BCUT2D eigenvalue weighted by molar-refractivity contribution is 0.107. The van der Waals surface area contributed by atoms with Crippen LogP contribution in [-0.2, 0) is 6.54 Å². The Morgan fingerprint density at radius 2 is 1.84 bits per heavy atom. The third-order valence-electron chi connectivity index (χ3n) is 6.15. The van der Waals surface area contributed by atoms with Gasteiger partial charge < -0.3 is 4.74 Å². The van der Waals surface area contributed by atoms with Crippen LogP contribution in [-0.4, -0.2) is 29.8 Å². The molecule has 0 aromatic heterocycles. The van der Waals surface area contributed by atoms with E-state index in [1.54, 1.807) is 12.1 Å². The lowest BCUT2D eigenvalue weighted by Gasteiger charge is -2.32. The second kappa shape index (κ2) is 9.43. The van der Waals surface area contributed by atoms with Crippen molar-refractivity contribution in [2.75, 3.05) is 19.7 Å². The Morgan fingerprint density at radius 1 is 1.13 bits per heavy atom. The Labute approximate surface area is 191 Å². The predicted octanol–water partition coefficient (Wildman–Crippen LogP) is 6.47. The minimum atomic E-state index is -0.787. The highest BCUT2D eigenvalue weighted by Crippen LogP contribution is 2.45. The van der Waals surface area contributed by atoms with Crippen molar-refractivity contribution in [2.24, 2.45) is 5.92 Å². The van der Waals surface area contributed by atoms with Gasteiger partial charge in [0.1, 0.15) is 17.4 Å². The summed E-state index contributed by atoms with van der Waals surface area (Å²) in [6.45, 7) is 4.61. The molecule has 1 aliphatic heterocycles. The molecule has 0 spiro atoms. The van der Waals surface area contributed by atoms with Gasteiger partial charge in [0.05, 0.1) is 17.2 Å². The molecule has 31 heavy (non-hydrogen) atoms. The highest BCUT2D eigenvalue weighted by molar-refractivity contribution is 6.67. The maximum atomic E-state index is 14.3. The number of aryl methyl sites for hydroxylation is 1. The Hall–Kier alpha value is -1.69. The van der Waals surface area contributed by atoms with E-state index in [1.807, 2.05) is 13.0 Å². The fraction of sp³-hybridized carbons (Fsp3) is 0.458. The number of rotatable bonds is 7. The Kier molecular flexibility index (Phi) is 6.85. The molecule has 1 heterocycles. The van der Waals surface area contributed by atoms with E-state index in [2.05, 4.69) is 4.90 Å². The van der Waals surface area contributed by atoms with Gasteiger partial charge in [-0.25, -0.2) is 8.78 Å². The summed E-state index contributed by atoms with van der Waals surface area (Å²) in [6.07, 6.45) is 3.85. The zero-order chi connectivity index (χ0) is 22.1. The van der Waals surface area contributed by atoms with E-state index in [-0.39, 0.29) is 16.4 Å². The summed E-state index contributed by atoms with van der Waals surface area (Å²) in [5.41, 5.74) is 2.35. The lowest BCUT2D eigenvalue weighted by atomic mass is 9.97. The zero-order valence-corrected chi connectivity index (χ0v) is 18.9. The highest BCUT2D eigenvalue weighted by Gasteiger charge is 2.30. The molecule has 0 amide bonds. The number of piperidine rings is 1. The van der Waals surface area contributed by atoms with Crippen LogP contribution in [0.4, 0.5) is 8.78 Å². The average Bonchev–Trinajstić information content (AvgIpc) is 3.56.